The highest BCUT2D eigenvalue weighted by atomic mass is 32.2. The SMILES string of the molecule is CCCSc1nc(NCCOCC)c2cnn(CCNC(=O)c3ccc([N+](=O)[O-])cc3)c2n1. The van der Waals surface area contributed by atoms with E-state index in [0.717, 1.165) is 17.6 Å². The highest BCUT2D eigenvalue weighted by Crippen LogP contribution is 2.24. The number of hydrogen-bond acceptors (Lipinski definition) is 9. The second kappa shape index (κ2) is 12.1. The van der Waals surface area contributed by atoms with E-state index >= 15 is 0 Å². The molecular weight excluding hydrogens is 446 g/mol. The molecule has 0 unspecified atom stereocenters. The molecule has 0 aliphatic heterocycles. The zero-order chi connectivity index (χ0) is 23.6. The average molecular weight is 474 g/mol. The average Bonchev–Trinajstić information content (AvgIpc) is 3.23. The summed E-state index contributed by atoms with van der Waals surface area (Å²) in [7, 11) is 0. The Morgan fingerprint density at radius 3 is 2.70 bits per heavy atom. The molecule has 0 aliphatic rings. The fourth-order valence-electron chi connectivity index (χ4n) is 2.99. The molecule has 0 bridgehead atoms. The number of nitro benzene ring substituents is 1. The van der Waals surface area contributed by atoms with Crippen molar-refractivity contribution in [3.05, 3.63) is 46.1 Å². The van der Waals surface area contributed by atoms with Crippen LogP contribution < -0.4 is 10.6 Å². The van der Waals surface area contributed by atoms with Crippen LogP contribution in [0, 0.1) is 10.1 Å². The lowest BCUT2D eigenvalue weighted by atomic mass is 10.2. The number of nitrogens with one attached hydrogen (secondary N) is 2. The van der Waals surface area contributed by atoms with E-state index < -0.39 is 4.92 Å². The second-order valence-corrected chi connectivity index (χ2v) is 8.05. The van der Waals surface area contributed by atoms with Crippen LogP contribution >= 0.6 is 11.8 Å². The highest BCUT2D eigenvalue weighted by Gasteiger charge is 2.14. The Kier molecular flexibility index (Phi) is 8.95. The minimum atomic E-state index is -0.501. The van der Waals surface area contributed by atoms with Crippen LogP contribution in [0.25, 0.3) is 11.0 Å². The molecule has 33 heavy (non-hydrogen) atoms. The van der Waals surface area contributed by atoms with E-state index in [9.17, 15) is 14.9 Å². The Morgan fingerprint density at radius 2 is 2.00 bits per heavy atom. The van der Waals surface area contributed by atoms with Gasteiger partial charge in [0.1, 0.15) is 5.82 Å². The minimum Gasteiger partial charge on any atom is -0.380 e. The summed E-state index contributed by atoms with van der Waals surface area (Å²) in [5, 5.41) is 22.8. The predicted octanol–water partition coefficient (Wildman–Crippen LogP) is 3.12. The molecule has 1 aromatic carbocycles. The molecule has 176 valence electrons. The number of carbonyl (C=O) groups is 1. The van der Waals surface area contributed by atoms with Crippen molar-refractivity contribution in [2.45, 2.75) is 32.0 Å². The maximum absolute atomic E-state index is 12.4. The minimum absolute atomic E-state index is 0.0586. The number of ether oxygens (including phenoxy) is 1. The van der Waals surface area contributed by atoms with Crippen LogP contribution in [0.2, 0.25) is 0 Å². The summed E-state index contributed by atoms with van der Waals surface area (Å²) in [6, 6.07) is 5.48. The Balaban J connectivity index is 1.69. The van der Waals surface area contributed by atoms with Crippen LogP contribution in [0.4, 0.5) is 11.5 Å². The molecule has 0 radical (unpaired) electrons. The lowest BCUT2D eigenvalue weighted by Gasteiger charge is -2.10. The van der Waals surface area contributed by atoms with Gasteiger partial charge in [0.15, 0.2) is 10.8 Å². The summed E-state index contributed by atoms with van der Waals surface area (Å²) < 4.78 is 7.13. The van der Waals surface area contributed by atoms with Crippen molar-refractivity contribution in [2.24, 2.45) is 0 Å². The first-order chi connectivity index (χ1) is 16.0. The van der Waals surface area contributed by atoms with Crippen molar-refractivity contribution in [3.63, 3.8) is 0 Å². The van der Waals surface area contributed by atoms with Crippen LogP contribution in [0.1, 0.15) is 30.6 Å². The van der Waals surface area contributed by atoms with Gasteiger partial charge in [0.25, 0.3) is 11.6 Å². The standard InChI is InChI=1S/C21H27N7O4S/c1-3-13-33-21-25-18(22-10-12-32-4-2)17-14-24-27(19(17)26-21)11-9-23-20(29)15-5-7-16(8-6-15)28(30)31/h5-8,14H,3-4,9-13H2,1-2H3,(H,23,29)(H,22,25,26). The lowest BCUT2D eigenvalue weighted by Crippen LogP contribution is -2.27. The van der Waals surface area contributed by atoms with Crippen LogP contribution in [0.15, 0.2) is 35.6 Å². The first kappa shape index (κ1) is 24.4. The normalized spacial score (nSPS) is 11.0. The molecule has 0 saturated carbocycles. The van der Waals surface area contributed by atoms with Gasteiger partial charge < -0.3 is 15.4 Å². The van der Waals surface area contributed by atoms with Gasteiger partial charge >= 0.3 is 0 Å². The zero-order valence-electron chi connectivity index (χ0n) is 18.6. The number of aromatic nitrogens is 4. The third-order valence-electron chi connectivity index (χ3n) is 4.60. The maximum Gasteiger partial charge on any atom is 0.269 e. The fourth-order valence-corrected chi connectivity index (χ4v) is 3.68. The van der Waals surface area contributed by atoms with E-state index in [-0.39, 0.29) is 11.6 Å². The fraction of sp³-hybridized carbons (Fsp3) is 0.429. The number of anilines is 1. The van der Waals surface area contributed by atoms with Crippen molar-refractivity contribution in [2.75, 3.05) is 37.4 Å². The Bertz CT molecular complexity index is 1090. The van der Waals surface area contributed by atoms with Crippen molar-refractivity contribution in [3.8, 4) is 0 Å². The van der Waals surface area contributed by atoms with Gasteiger partial charge in [-0.1, -0.05) is 18.7 Å². The molecule has 12 heteroatoms. The van der Waals surface area contributed by atoms with Crippen molar-refractivity contribution in [1.29, 1.82) is 0 Å². The summed E-state index contributed by atoms with van der Waals surface area (Å²) in [5.41, 5.74) is 0.982. The number of nitrogens with zero attached hydrogens (tertiary/aromatic N) is 5. The third-order valence-corrected chi connectivity index (χ3v) is 5.66. The molecule has 2 aromatic heterocycles. The molecule has 11 nitrogen and oxygen atoms in total. The largest absolute Gasteiger partial charge is 0.380 e. The molecular formula is C21H27N7O4S. The van der Waals surface area contributed by atoms with Crippen molar-refractivity contribution < 1.29 is 14.5 Å². The first-order valence-electron chi connectivity index (χ1n) is 10.7. The van der Waals surface area contributed by atoms with Crippen molar-refractivity contribution in [1.82, 2.24) is 25.1 Å². The molecule has 0 atom stereocenters. The van der Waals surface area contributed by atoms with Gasteiger partial charge in [-0.15, -0.1) is 0 Å². The topological polar surface area (TPSA) is 137 Å². The monoisotopic (exact) mass is 473 g/mol. The van der Waals surface area contributed by atoms with E-state index in [1.54, 1.807) is 22.6 Å². The smallest absolute Gasteiger partial charge is 0.269 e. The zero-order valence-corrected chi connectivity index (χ0v) is 19.4. The Morgan fingerprint density at radius 1 is 1.21 bits per heavy atom. The van der Waals surface area contributed by atoms with Crippen LogP contribution in [0.3, 0.4) is 0 Å². The molecule has 1 amide bonds. The summed E-state index contributed by atoms with van der Waals surface area (Å²) in [6.07, 6.45) is 2.72. The van der Waals surface area contributed by atoms with E-state index in [1.807, 2.05) is 6.92 Å². The van der Waals surface area contributed by atoms with E-state index in [0.29, 0.717) is 55.0 Å². The molecule has 0 spiro atoms. The number of thioether (sulfide) groups is 1. The molecule has 2 N–H and O–H groups in total. The van der Waals surface area contributed by atoms with E-state index in [1.165, 1.54) is 24.3 Å². The van der Waals surface area contributed by atoms with E-state index in [2.05, 4.69) is 32.6 Å². The van der Waals surface area contributed by atoms with Crippen molar-refractivity contribution >= 4 is 40.2 Å². The van der Waals surface area contributed by atoms with Crippen LogP contribution in [-0.4, -0.2) is 62.6 Å². The molecule has 3 rings (SSSR count). The number of carbonyl (C=O) groups excluding carboxylic acids is 1. The summed E-state index contributed by atoms with van der Waals surface area (Å²) >= 11 is 1.58. The molecule has 0 aliphatic carbocycles. The summed E-state index contributed by atoms with van der Waals surface area (Å²) in [4.78, 5) is 31.9. The van der Waals surface area contributed by atoms with Gasteiger partial charge in [0.2, 0.25) is 0 Å². The maximum atomic E-state index is 12.4. The molecule has 0 fully saturated rings. The number of amides is 1. The number of nitro groups is 1. The number of benzene rings is 1. The van der Waals surface area contributed by atoms with Gasteiger partial charge in [-0.25, -0.2) is 14.6 Å². The van der Waals surface area contributed by atoms with Gasteiger partial charge in [-0.05, 0) is 25.5 Å². The lowest BCUT2D eigenvalue weighted by molar-refractivity contribution is -0.384. The van der Waals surface area contributed by atoms with E-state index in [4.69, 9.17) is 4.74 Å². The van der Waals surface area contributed by atoms with Gasteiger partial charge in [0, 0.05) is 43.1 Å². The van der Waals surface area contributed by atoms with Gasteiger partial charge in [-0.3, -0.25) is 14.9 Å². The summed E-state index contributed by atoms with van der Waals surface area (Å²) in [5.74, 6) is 1.30. The molecule has 2 heterocycles. The quantitative estimate of drug-likeness (QED) is 0.126. The first-order valence-corrected chi connectivity index (χ1v) is 11.7. The number of non-ortho nitro benzene ring substituents is 1. The Labute approximate surface area is 195 Å². The molecule has 0 saturated heterocycles. The number of rotatable bonds is 13. The number of fused-ring (bicyclic) bond motifs is 1. The Hall–Kier alpha value is -3.25. The van der Waals surface area contributed by atoms with Crippen LogP contribution in [-0.2, 0) is 11.3 Å². The predicted molar refractivity (Wildman–Crippen MR) is 127 cm³/mol. The highest BCUT2D eigenvalue weighted by molar-refractivity contribution is 7.99. The van der Waals surface area contributed by atoms with Gasteiger partial charge in [0.05, 0.1) is 29.7 Å². The second-order valence-electron chi connectivity index (χ2n) is 6.99. The van der Waals surface area contributed by atoms with Gasteiger partial charge in [-0.2, -0.15) is 5.10 Å². The summed E-state index contributed by atoms with van der Waals surface area (Å²) in [6.45, 7) is 6.63. The molecule has 3 aromatic rings. The number of hydrogen-bond donors (Lipinski definition) is 2. The van der Waals surface area contributed by atoms with Crippen LogP contribution in [0.5, 0.6) is 0 Å². The third kappa shape index (κ3) is 6.62.